The van der Waals surface area contributed by atoms with Crippen molar-refractivity contribution in [3.8, 4) is 11.5 Å². The third-order valence-electron chi connectivity index (χ3n) is 2.90. The number of anilines is 1. The van der Waals surface area contributed by atoms with E-state index in [0.29, 0.717) is 11.5 Å². The fourth-order valence-electron chi connectivity index (χ4n) is 1.86. The van der Waals surface area contributed by atoms with Gasteiger partial charge in [0.2, 0.25) is 5.13 Å². The van der Waals surface area contributed by atoms with Crippen molar-refractivity contribution in [3.63, 3.8) is 0 Å². The number of nitrogens with one attached hydrogen (secondary N) is 1. The molecule has 6 heteroatoms. The van der Waals surface area contributed by atoms with Crippen LogP contribution < -0.4 is 10.2 Å². The molecule has 1 heterocycles. The predicted molar refractivity (Wildman–Crippen MR) is 91.0 cm³/mol. The monoisotopic (exact) mass is 327 g/mol. The molecule has 0 unspecified atom stereocenters. The van der Waals surface area contributed by atoms with Crippen molar-refractivity contribution in [2.24, 2.45) is 5.10 Å². The van der Waals surface area contributed by atoms with Crippen LogP contribution >= 0.6 is 11.3 Å². The first-order valence-corrected chi connectivity index (χ1v) is 7.82. The van der Waals surface area contributed by atoms with Gasteiger partial charge in [0.1, 0.15) is 17.3 Å². The summed E-state index contributed by atoms with van der Waals surface area (Å²) >= 11 is 1.50. The number of thiazole rings is 1. The molecule has 0 fully saturated rings. The second kappa shape index (κ2) is 7.02. The predicted octanol–water partition coefficient (Wildman–Crippen LogP) is 4.83. The number of hydrogen-bond acceptors (Lipinski definition) is 5. The second-order valence-electron chi connectivity index (χ2n) is 4.79. The highest BCUT2D eigenvalue weighted by Crippen LogP contribution is 2.22. The van der Waals surface area contributed by atoms with E-state index >= 15 is 0 Å². The number of aromatic nitrogens is 1. The molecule has 1 N–H and O–H groups in total. The Kier molecular flexibility index (Phi) is 4.63. The third-order valence-corrected chi connectivity index (χ3v) is 3.77. The first-order chi connectivity index (χ1) is 11.2. The van der Waals surface area contributed by atoms with Gasteiger partial charge in [-0.25, -0.2) is 9.37 Å². The molecule has 0 spiro atoms. The fourth-order valence-corrected chi connectivity index (χ4v) is 2.50. The molecule has 0 radical (unpaired) electrons. The number of nitrogens with zero attached hydrogens (tertiary/aromatic N) is 2. The minimum Gasteiger partial charge on any atom is -0.457 e. The number of hydrazone groups is 1. The molecule has 1 aromatic heterocycles. The van der Waals surface area contributed by atoms with Gasteiger partial charge in [-0.05, 0) is 48.9 Å². The van der Waals surface area contributed by atoms with Gasteiger partial charge >= 0.3 is 0 Å². The molecule has 23 heavy (non-hydrogen) atoms. The Hall–Kier alpha value is -2.73. The lowest BCUT2D eigenvalue weighted by Gasteiger charge is -2.06. The van der Waals surface area contributed by atoms with E-state index in [-0.39, 0.29) is 5.82 Å². The van der Waals surface area contributed by atoms with E-state index in [1.165, 1.54) is 23.5 Å². The minimum atomic E-state index is -0.290. The summed E-state index contributed by atoms with van der Waals surface area (Å²) in [5.74, 6) is 0.948. The average Bonchev–Trinajstić information content (AvgIpc) is 2.96. The molecule has 0 bridgehead atoms. The fraction of sp³-hybridized carbons (Fsp3) is 0.0588. The topological polar surface area (TPSA) is 46.5 Å². The van der Waals surface area contributed by atoms with Gasteiger partial charge in [0.25, 0.3) is 0 Å². The molecule has 2 aromatic carbocycles. The molecular formula is C17H14FN3OS. The third kappa shape index (κ3) is 4.37. The summed E-state index contributed by atoms with van der Waals surface area (Å²) in [5.41, 5.74) is 4.72. The number of rotatable bonds is 5. The highest BCUT2D eigenvalue weighted by Gasteiger charge is 1.99. The highest BCUT2D eigenvalue weighted by atomic mass is 32.1. The van der Waals surface area contributed by atoms with Gasteiger partial charge < -0.3 is 4.74 Å². The lowest BCUT2D eigenvalue weighted by molar-refractivity contribution is 0.480. The van der Waals surface area contributed by atoms with Gasteiger partial charge in [-0.1, -0.05) is 12.1 Å². The van der Waals surface area contributed by atoms with Crippen molar-refractivity contribution >= 4 is 22.7 Å². The van der Waals surface area contributed by atoms with E-state index in [1.54, 1.807) is 18.3 Å². The van der Waals surface area contributed by atoms with Gasteiger partial charge in [-0.15, -0.1) is 11.3 Å². The van der Waals surface area contributed by atoms with Gasteiger partial charge in [0, 0.05) is 5.38 Å². The van der Waals surface area contributed by atoms with Crippen molar-refractivity contribution in [2.75, 3.05) is 5.43 Å². The van der Waals surface area contributed by atoms with E-state index in [4.69, 9.17) is 4.74 Å². The van der Waals surface area contributed by atoms with Gasteiger partial charge in [0.05, 0.1) is 11.9 Å². The Bertz CT molecular complexity index is 815. The number of ether oxygens (including phenoxy) is 1. The van der Waals surface area contributed by atoms with Gasteiger partial charge in [-0.3, -0.25) is 5.43 Å². The number of benzene rings is 2. The smallest absolute Gasteiger partial charge is 0.203 e. The Morgan fingerprint density at radius 1 is 1.17 bits per heavy atom. The maximum absolute atomic E-state index is 12.9. The lowest BCUT2D eigenvalue weighted by atomic mass is 10.2. The van der Waals surface area contributed by atoms with Crippen LogP contribution in [0, 0.1) is 12.7 Å². The normalized spacial score (nSPS) is 10.9. The molecule has 0 aliphatic rings. The zero-order valence-corrected chi connectivity index (χ0v) is 13.2. The molecule has 0 amide bonds. The molecule has 4 nitrogen and oxygen atoms in total. The SMILES string of the molecule is Cc1csc(NN=Cc2cccc(Oc3ccc(F)cc3)c2)n1. The van der Waals surface area contributed by atoms with Crippen LogP contribution in [0.1, 0.15) is 11.3 Å². The molecule has 3 aromatic rings. The molecule has 0 saturated heterocycles. The van der Waals surface area contributed by atoms with Crippen molar-refractivity contribution in [1.29, 1.82) is 0 Å². The molecular weight excluding hydrogens is 313 g/mol. The van der Waals surface area contributed by atoms with Crippen molar-refractivity contribution in [3.05, 3.63) is 71.0 Å². The first kappa shape index (κ1) is 15.2. The summed E-state index contributed by atoms with van der Waals surface area (Å²) in [4.78, 5) is 4.26. The van der Waals surface area contributed by atoms with Crippen LogP contribution in [0.4, 0.5) is 9.52 Å². The molecule has 0 atom stereocenters. The maximum atomic E-state index is 12.9. The number of aryl methyl sites for hydroxylation is 1. The molecule has 0 aliphatic heterocycles. The maximum Gasteiger partial charge on any atom is 0.203 e. The largest absolute Gasteiger partial charge is 0.457 e. The van der Waals surface area contributed by atoms with Crippen molar-refractivity contribution in [1.82, 2.24) is 4.98 Å². The van der Waals surface area contributed by atoms with Crippen LogP contribution in [0.15, 0.2) is 59.0 Å². The zero-order chi connectivity index (χ0) is 16.1. The summed E-state index contributed by atoms with van der Waals surface area (Å²) in [6.07, 6.45) is 1.69. The van der Waals surface area contributed by atoms with Crippen LogP contribution in [-0.4, -0.2) is 11.2 Å². The van der Waals surface area contributed by atoms with E-state index in [2.05, 4.69) is 15.5 Å². The van der Waals surface area contributed by atoms with Crippen LogP contribution in [0.5, 0.6) is 11.5 Å². The molecule has 0 aliphatic carbocycles. The number of hydrogen-bond donors (Lipinski definition) is 1. The zero-order valence-electron chi connectivity index (χ0n) is 12.4. The quantitative estimate of drug-likeness (QED) is 0.539. The number of halogens is 1. The minimum absolute atomic E-state index is 0.290. The first-order valence-electron chi connectivity index (χ1n) is 6.94. The lowest BCUT2D eigenvalue weighted by Crippen LogP contribution is -1.91. The molecule has 0 saturated carbocycles. The second-order valence-corrected chi connectivity index (χ2v) is 5.65. The Morgan fingerprint density at radius 3 is 2.74 bits per heavy atom. The van der Waals surface area contributed by atoms with Gasteiger partial charge in [0.15, 0.2) is 0 Å². The van der Waals surface area contributed by atoms with Crippen LogP contribution in [0.2, 0.25) is 0 Å². The van der Waals surface area contributed by atoms with E-state index in [9.17, 15) is 4.39 Å². The highest BCUT2D eigenvalue weighted by molar-refractivity contribution is 7.13. The summed E-state index contributed by atoms with van der Waals surface area (Å²) in [6, 6.07) is 13.4. The van der Waals surface area contributed by atoms with Crippen LogP contribution in [0.25, 0.3) is 0 Å². The van der Waals surface area contributed by atoms with Crippen LogP contribution in [0.3, 0.4) is 0 Å². The van der Waals surface area contributed by atoms with E-state index in [0.717, 1.165) is 16.4 Å². The Morgan fingerprint density at radius 2 is 2.00 bits per heavy atom. The van der Waals surface area contributed by atoms with Crippen molar-refractivity contribution < 1.29 is 9.13 Å². The van der Waals surface area contributed by atoms with E-state index < -0.39 is 0 Å². The average molecular weight is 327 g/mol. The van der Waals surface area contributed by atoms with Crippen LogP contribution in [-0.2, 0) is 0 Å². The summed E-state index contributed by atoms with van der Waals surface area (Å²) in [7, 11) is 0. The molecule has 116 valence electrons. The van der Waals surface area contributed by atoms with E-state index in [1.807, 2.05) is 36.6 Å². The van der Waals surface area contributed by atoms with Gasteiger partial charge in [-0.2, -0.15) is 5.10 Å². The Labute approximate surface area is 137 Å². The molecule has 3 rings (SSSR count). The summed E-state index contributed by atoms with van der Waals surface area (Å²) < 4.78 is 18.6. The summed E-state index contributed by atoms with van der Waals surface area (Å²) in [5, 5.41) is 6.85. The Balaban J connectivity index is 1.65. The van der Waals surface area contributed by atoms with Crippen molar-refractivity contribution in [2.45, 2.75) is 6.92 Å². The summed E-state index contributed by atoms with van der Waals surface area (Å²) in [6.45, 7) is 1.93. The standard InChI is InChI=1S/C17H14FN3OS/c1-12-11-23-17(20-12)21-19-10-13-3-2-4-16(9-13)22-15-7-5-14(18)6-8-15/h2-11H,1H3,(H,20,21).